The van der Waals surface area contributed by atoms with Crippen LogP contribution in [0.25, 0.3) is 0 Å². The Kier molecular flexibility index (Phi) is 5.48. The summed E-state index contributed by atoms with van der Waals surface area (Å²) in [6.45, 7) is 17.5. The molecule has 0 heterocycles. The smallest absolute Gasteiger partial charge is 0.0147 e. The van der Waals surface area contributed by atoms with Crippen molar-refractivity contribution in [3.8, 4) is 0 Å². The topological polar surface area (TPSA) is 0 Å². The van der Waals surface area contributed by atoms with Crippen molar-refractivity contribution in [3.63, 3.8) is 0 Å². The van der Waals surface area contributed by atoms with Crippen LogP contribution in [-0.4, -0.2) is 0 Å². The highest BCUT2D eigenvalue weighted by atomic mass is 14.4. The quantitative estimate of drug-likeness (QED) is 0.515. The Morgan fingerprint density at radius 2 is 1.79 bits per heavy atom. The first-order chi connectivity index (χ1) is 6.43. The van der Waals surface area contributed by atoms with Gasteiger partial charge >= 0.3 is 0 Å². The standard InChI is InChI=1S/C12H22.C2H6/c1-9(2)11-6-7-12(4,5)10(3)8-11;1-2/h9,11H,3,6-8H2,1-2,4-5H3;1-2H3. The summed E-state index contributed by atoms with van der Waals surface area (Å²) in [5.74, 6) is 1.73. The van der Waals surface area contributed by atoms with Gasteiger partial charge in [0.05, 0.1) is 0 Å². The fraction of sp³-hybridized carbons (Fsp3) is 0.857. The van der Waals surface area contributed by atoms with E-state index in [1.165, 1.54) is 24.8 Å². The van der Waals surface area contributed by atoms with Crippen molar-refractivity contribution in [2.45, 2.75) is 60.8 Å². The van der Waals surface area contributed by atoms with Crippen molar-refractivity contribution >= 4 is 0 Å². The molecule has 84 valence electrons. The Labute approximate surface area is 90.8 Å². The molecule has 0 bridgehead atoms. The zero-order valence-electron chi connectivity index (χ0n) is 11.0. The van der Waals surface area contributed by atoms with Crippen LogP contribution < -0.4 is 0 Å². The predicted octanol–water partition coefficient (Wildman–Crippen LogP) is 5.05. The first-order valence-electron chi connectivity index (χ1n) is 6.12. The molecule has 0 radical (unpaired) electrons. The Bertz CT molecular complexity index is 174. The highest BCUT2D eigenvalue weighted by Gasteiger charge is 2.31. The molecule has 0 amide bonds. The predicted molar refractivity (Wildman–Crippen MR) is 66.4 cm³/mol. The molecule has 0 N–H and O–H groups in total. The van der Waals surface area contributed by atoms with Crippen molar-refractivity contribution in [2.24, 2.45) is 17.3 Å². The third-order valence-corrected chi connectivity index (χ3v) is 3.55. The summed E-state index contributed by atoms with van der Waals surface area (Å²) in [6, 6.07) is 0. The van der Waals surface area contributed by atoms with Crippen molar-refractivity contribution in [2.75, 3.05) is 0 Å². The van der Waals surface area contributed by atoms with Gasteiger partial charge in [0.2, 0.25) is 0 Å². The molecule has 1 fully saturated rings. The molecule has 1 saturated carbocycles. The summed E-state index contributed by atoms with van der Waals surface area (Å²) in [4.78, 5) is 0. The van der Waals surface area contributed by atoms with Crippen LogP contribution in [0.2, 0.25) is 0 Å². The van der Waals surface area contributed by atoms with E-state index in [1.54, 1.807) is 0 Å². The van der Waals surface area contributed by atoms with Crippen LogP contribution in [0.3, 0.4) is 0 Å². The summed E-state index contributed by atoms with van der Waals surface area (Å²) >= 11 is 0. The maximum Gasteiger partial charge on any atom is -0.0147 e. The molecular formula is C14H28. The average Bonchev–Trinajstić information content (AvgIpc) is 2.13. The zero-order valence-corrected chi connectivity index (χ0v) is 11.0. The molecule has 0 heteroatoms. The third kappa shape index (κ3) is 3.48. The maximum atomic E-state index is 4.20. The summed E-state index contributed by atoms with van der Waals surface area (Å²) in [5.41, 5.74) is 1.87. The summed E-state index contributed by atoms with van der Waals surface area (Å²) in [7, 11) is 0. The summed E-state index contributed by atoms with van der Waals surface area (Å²) in [5, 5.41) is 0. The van der Waals surface area contributed by atoms with E-state index in [4.69, 9.17) is 0 Å². The van der Waals surface area contributed by atoms with Gasteiger partial charge < -0.3 is 0 Å². The van der Waals surface area contributed by atoms with Crippen molar-refractivity contribution < 1.29 is 0 Å². The lowest BCUT2D eigenvalue weighted by atomic mass is 9.67. The van der Waals surface area contributed by atoms with Gasteiger partial charge in [-0.3, -0.25) is 0 Å². The zero-order chi connectivity index (χ0) is 11.4. The number of hydrogen-bond acceptors (Lipinski definition) is 0. The second-order valence-electron chi connectivity index (χ2n) is 5.23. The van der Waals surface area contributed by atoms with Crippen molar-refractivity contribution in [1.29, 1.82) is 0 Å². The molecule has 0 aliphatic heterocycles. The van der Waals surface area contributed by atoms with Gasteiger partial charge in [-0.05, 0) is 36.5 Å². The molecule has 1 aliphatic rings. The summed E-state index contributed by atoms with van der Waals surface area (Å²) in [6.07, 6.45) is 3.98. The van der Waals surface area contributed by atoms with Crippen LogP contribution >= 0.6 is 0 Å². The molecule has 0 aromatic carbocycles. The molecule has 1 unspecified atom stereocenters. The monoisotopic (exact) mass is 196 g/mol. The lowest BCUT2D eigenvalue weighted by Gasteiger charge is -2.38. The van der Waals surface area contributed by atoms with Gasteiger partial charge in [-0.2, -0.15) is 0 Å². The van der Waals surface area contributed by atoms with Crippen LogP contribution in [0.4, 0.5) is 0 Å². The first-order valence-corrected chi connectivity index (χ1v) is 6.12. The number of allylic oxidation sites excluding steroid dienone is 1. The molecule has 0 aromatic heterocycles. The van der Waals surface area contributed by atoms with Gasteiger partial charge in [-0.25, -0.2) is 0 Å². The highest BCUT2D eigenvalue weighted by molar-refractivity contribution is 5.11. The van der Waals surface area contributed by atoms with Crippen LogP contribution in [0.5, 0.6) is 0 Å². The van der Waals surface area contributed by atoms with Gasteiger partial charge in [0.15, 0.2) is 0 Å². The van der Waals surface area contributed by atoms with E-state index in [1.807, 2.05) is 13.8 Å². The fourth-order valence-corrected chi connectivity index (χ4v) is 1.99. The minimum absolute atomic E-state index is 0.408. The second kappa shape index (κ2) is 5.58. The maximum absolute atomic E-state index is 4.20. The molecular weight excluding hydrogens is 168 g/mol. The lowest BCUT2D eigenvalue weighted by molar-refractivity contribution is 0.229. The third-order valence-electron chi connectivity index (χ3n) is 3.55. The van der Waals surface area contributed by atoms with Gasteiger partial charge in [0.25, 0.3) is 0 Å². The Hall–Kier alpha value is -0.260. The van der Waals surface area contributed by atoms with Crippen LogP contribution in [0.1, 0.15) is 60.8 Å². The highest BCUT2D eigenvalue weighted by Crippen LogP contribution is 2.43. The van der Waals surface area contributed by atoms with E-state index in [9.17, 15) is 0 Å². The van der Waals surface area contributed by atoms with E-state index in [0.29, 0.717) is 5.41 Å². The molecule has 1 rings (SSSR count). The van der Waals surface area contributed by atoms with E-state index < -0.39 is 0 Å². The normalized spacial score (nSPS) is 25.6. The van der Waals surface area contributed by atoms with Gasteiger partial charge in [-0.1, -0.05) is 53.7 Å². The molecule has 0 nitrogen and oxygen atoms in total. The van der Waals surface area contributed by atoms with Crippen LogP contribution in [0.15, 0.2) is 12.2 Å². The van der Waals surface area contributed by atoms with Gasteiger partial charge in [0, 0.05) is 0 Å². The van der Waals surface area contributed by atoms with Gasteiger partial charge in [0.1, 0.15) is 0 Å². The fourth-order valence-electron chi connectivity index (χ4n) is 1.99. The average molecular weight is 196 g/mol. The number of rotatable bonds is 1. The largest absolute Gasteiger partial charge is 0.0993 e. The Balaban J connectivity index is 0.000000791. The van der Waals surface area contributed by atoms with E-state index in [2.05, 4.69) is 34.3 Å². The summed E-state index contributed by atoms with van der Waals surface area (Å²) < 4.78 is 0. The van der Waals surface area contributed by atoms with Crippen LogP contribution in [-0.2, 0) is 0 Å². The molecule has 0 aromatic rings. The minimum Gasteiger partial charge on any atom is -0.0993 e. The van der Waals surface area contributed by atoms with Crippen LogP contribution in [0, 0.1) is 17.3 Å². The molecule has 0 saturated heterocycles. The molecule has 1 aliphatic carbocycles. The second-order valence-corrected chi connectivity index (χ2v) is 5.23. The van der Waals surface area contributed by atoms with E-state index in [-0.39, 0.29) is 0 Å². The molecule has 1 atom stereocenters. The molecule has 0 spiro atoms. The SMILES string of the molecule is C=C1CC(C(C)C)CCC1(C)C.CC. The number of hydrogen-bond donors (Lipinski definition) is 0. The first kappa shape index (κ1) is 13.7. The Morgan fingerprint density at radius 1 is 1.29 bits per heavy atom. The lowest BCUT2D eigenvalue weighted by Crippen LogP contribution is -2.26. The van der Waals surface area contributed by atoms with Crippen molar-refractivity contribution in [3.05, 3.63) is 12.2 Å². The van der Waals surface area contributed by atoms with E-state index >= 15 is 0 Å². The minimum atomic E-state index is 0.408. The van der Waals surface area contributed by atoms with Gasteiger partial charge in [-0.15, -0.1) is 0 Å². The Morgan fingerprint density at radius 3 is 2.14 bits per heavy atom. The van der Waals surface area contributed by atoms with E-state index in [0.717, 1.165) is 11.8 Å². The molecule has 14 heavy (non-hydrogen) atoms. The van der Waals surface area contributed by atoms with Crippen molar-refractivity contribution in [1.82, 2.24) is 0 Å².